The summed E-state index contributed by atoms with van der Waals surface area (Å²) in [6.45, 7) is 0. The fourth-order valence-electron chi connectivity index (χ4n) is 3.69. The molecule has 0 aliphatic rings. The molecular weight excluding hydrogens is 444 g/mol. The van der Waals surface area contributed by atoms with E-state index in [1.165, 1.54) is 36.4 Å². The third-order valence-electron chi connectivity index (χ3n) is 5.18. The van der Waals surface area contributed by atoms with Gasteiger partial charge in [-0.15, -0.1) is 0 Å². The predicted octanol–water partition coefficient (Wildman–Crippen LogP) is 1.89. The number of hydrogen-bond acceptors (Lipinski definition) is 6. The minimum absolute atomic E-state index is 0.0159. The molecule has 9 nitrogen and oxygen atoms in total. The standard InChI is InChI=1S/C20H12N2O7S2/c23-19-11-5-9(30(25)26)1-3-15(11)21-17-8-14-18(7-13(17)19)22-16-4-2-10(31(27,28)29)6-12(16)20(14)24/h1-8,30H,(H,21,23)(H,22,24)(H,27,28,29). The third kappa shape index (κ3) is 3.02. The highest BCUT2D eigenvalue weighted by atomic mass is 32.2. The first-order valence-electron chi connectivity index (χ1n) is 8.85. The van der Waals surface area contributed by atoms with Gasteiger partial charge in [0.15, 0.2) is 21.6 Å². The van der Waals surface area contributed by atoms with Crippen molar-refractivity contribution < 1.29 is 21.4 Å². The van der Waals surface area contributed by atoms with Crippen LogP contribution in [0.4, 0.5) is 0 Å². The van der Waals surface area contributed by atoms with Gasteiger partial charge in [-0.25, -0.2) is 8.42 Å². The zero-order valence-electron chi connectivity index (χ0n) is 15.4. The van der Waals surface area contributed by atoms with Crippen molar-refractivity contribution in [3.63, 3.8) is 0 Å². The highest BCUT2D eigenvalue weighted by Crippen LogP contribution is 2.23. The normalized spacial score (nSPS) is 12.5. The summed E-state index contributed by atoms with van der Waals surface area (Å²) < 4.78 is 54.6. The smallest absolute Gasteiger partial charge is 0.294 e. The van der Waals surface area contributed by atoms with Crippen molar-refractivity contribution in [2.24, 2.45) is 0 Å². The molecule has 11 heteroatoms. The second-order valence-electron chi connectivity index (χ2n) is 7.02. The number of rotatable bonds is 2. The molecule has 0 bridgehead atoms. The molecule has 2 heterocycles. The zero-order chi connectivity index (χ0) is 22.1. The summed E-state index contributed by atoms with van der Waals surface area (Å²) in [4.78, 5) is 31.7. The van der Waals surface area contributed by atoms with Crippen LogP contribution in [-0.2, 0) is 20.8 Å². The number of fused-ring (bicyclic) bond motifs is 4. The van der Waals surface area contributed by atoms with E-state index in [4.69, 9.17) is 0 Å². The van der Waals surface area contributed by atoms with E-state index in [2.05, 4.69) is 9.97 Å². The van der Waals surface area contributed by atoms with Crippen molar-refractivity contribution >= 4 is 64.4 Å². The summed E-state index contributed by atoms with van der Waals surface area (Å²) in [6, 6.07) is 10.7. The first-order valence-corrected chi connectivity index (χ1v) is 11.5. The second kappa shape index (κ2) is 6.48. The van der Waals surface area contributed by atoms with E-state index in [-0.39, 0.29) is 26.4 Å². The summed E-state index contributed by atoms with van der Waals surface area (Å²) in [5.41, 5.74) is 0.568. The molecule has 0 atom stereocenters. The Hall–Kier alpha value is -3.54. The molecule has 0 saturated carbocycles. The molecule has 2 aromatic heterocycles. The lowest BCUT2D eigenvalue weighted by Crippen LogP contribution is -2.09. The number of aromatic nitrogens is 2. The van der Waals surface area contributed by atoms with Crippen LogP contribution in [0.5, 0.6) is 0 Å². The monoisotopic (exact) mass is 456 g/mol. The van der Waals surface area contributed by atoms with Crippen LogP contribution in [0, 0.1) is 0 Å². The Labute approximate surface area is 174 Å². The Bertz CT molecular complexity index is 1890. The Morgan fingerprint density at radius 2 is 1.16 bits per heavy atom. The maximum atomic E-state index is 13.0. The topological polar surface area (TPSA) is 154 Å². The van der Waals surface area contributed by atoms with E-state index in [9.17, 15) is 31.0 Å². The van der Waals surface area contributed by atoms with Crippen molar-refractivity contribution in [2.75, 3.05) is 0 Å². The SMILES string of the molecule is O=c1c2cc([SH](=O)=O)ccc2[nH]c2cc3c(=O)c4cc(S(=O)(=O)O)ccc4[nH]c3cc12. The average Bonchev–Trinajstić information content (AvgIpc) is 2.72. The van der Waals surface area contributed by atoms with Crippen LogP contribution >= 0.6 is 0 Å². The molecule has 31 heavy (non-hydrogen) atoms. The quantitative estimate of drug-likeness (QED) is 0.180. The molecule has 3 N–H and O–H groups in total. The molecule has 0 spiro atoms. The van der Waals surface area contributed by atoms with Gasteiger partial charge in [-0.1, -0.05) is 0 Å². The van der Waals surface area contributed by atoms with Gasteiger partial charge in [0, 0.05) is 32.6 Å². The first kappa shape index (κ1) is 19.4. The van der Waals surface area contributed by atoms with Crippen LogP contribution < -0.4 is 10.9 Å². The average molecular weight is 456 g/mol. The number of nitrogens with one attached hydrogen (secondary N) is 2. The molecule has 5 rings (SSSR count). The van der Waals surface area contributed by atoms with Crippen molar-refractivity contribution in [2.45, 2.75) is 9.79 Å². The summed E-state index contributed by atoms with van der Waals surface area (Å²) in [7, 11) is -7.33. The molecule has 0 amide bonds. The summed E-state index contributed by atoms with van der Waals surface area (Å²) in [6.07, 6.45) is 0. The summed E-state index contributed by atoms with van der Waals surface area (Å²) >= 11 is 0. The zero-order valence-corrected chi connectivity index (χ0v) is 17.1. The Kier molecular flexibility index (Phi) is 4.06. The van der Waals surface area contributed by atoms with Gasteiger partial charge in [0.05, 0.1) is 20.8 Å². The fourth-order valence-corrected chi connectivity index (χ4v) is 4.62. The second-order valence-corrected chi connectivity index (χ2v) is 9.47. The van der Waals surface area contributed by atoms with Gasteiger partial charge in [0.2, 0.25) is 0 Å². The van der Waals surface area contributed by atoms with Gasteiger partial charge in [0.25, 0.3) is 10.1 Å². The molecule has 5 aromatic rings. The largest absolute Gasteiger partial charge is 0.354 e. The van der Waals surface area contributed by atoms with Gasteiger partial charge in [-0.3, -0.25) is 14.1 Å². The highest BCUT2D eigenvalue weighted by Gasteiger charge is 2.15. The van der Waals surface area contributed by atoms with Crippen molar-refractivity contribution in [3.8, 4) is 0 Å². The predicted molar refractivity (Wildman–Crippen MR) is 116 cm³/mol. The maximum Gasteiger partial charge on any atom is 0.294 e. The van der Waals surface area contributed by atoms with Crippen LogP contribution in [0.25, 0.3) is 43.6 Å². The molecule has 3 aromatic carbocycles. The number of H-pyrrole nitrogens is 2. The molecular formula is C20H12N2O7S2. The van der Waals surface area contributed by atoms with Gasteiger partial charge in [-0.2, -0.15) is 8.42 Å². The number of hydrogen-bond donors (Lipinski definition) is 4. The van der Waals surface area contributed by atoms with Gasteiger partial charge < -0.3 is 9.97 Å². The lowest BCUT2D eigenvalue weighted by atomic mass is 10.1. The Morgan fingerprint density at radius 3 is 1.68 bits per heavy atom. The summed E-state index contributed by atoms with van der Waals surface area (Å²) in [5.74, 6) is 0. The highest BCUT2D eigenvalue weighted by molar-refractivity contribution is 7.85. The fraction of sp³-hybridized carbons (Fsp3) is 0. The van der Waals surface area contributed by atoms with Crippen molar-refractivity contribution in [1.82, 2.24) is 9.97 Å². The molecule has 0 saturated heterocycles. The Balaban J connectivity index is 1.90. The minimum atomic E-state index is -4.48. The van der Waals surface area contributed by atoms with Crippen LogP contribution in [0.15, 0.2) is 67.9 Å². The number of pyridine rings is 2. The summed E-state index contributed by atoms with van der Waals surface area (Å²) in [5, 5.41) is 0.725. The van der Waals surface area contributed by atoms with Crippen molar-refractivity contribution in [3.05, 3.63) is 69.0 Å². The van der Waals surface area contributed by atoms with Crippen LogP contribution in [0.2, 0.25) is 0 Å². The first-order chi connectivity index (χ1) is 14.6. The van der Waals surface area contributed by atoms with Gasteiger partial charge >= 0.3 is 0 Å². The maximum absolute atomic E-state index is 13.0. The lowest BCUT2D eigenvalue weighted by Gasteiger charge is -2.08. The molecule has 0 aliphatic heterocycles. The third-order valence-corrected chi connectivity index (χ3v) is 6.73. The van der Waals surface area contributed by atoms with Crippen molar-refractivity contribution in [1.29, 1.82) is 0 Å². The molecule has 0 fully saturated rings. The van der Waals surface area contributed by atoms with Crippen LogP contribution in [0.1, 0.15) is 0 Å². The molecule has 0 radical (unpaired) electrons. The van der Waals surface area contributed by atoms with E-state index in [0.29, 0.717) is 22.1 Å². The van der Waals surface area contributed by atoms with Crippen LogP contribution in [-0.4, -0.2) is 31.4 Å². The minimum Gasteiger partial charge on any atom is -0.354 e. The van der Waals surface area contributed by atoms with E-state index in [1.54, 1.807) is 0 Å². The van der Waals surface area contributed by atoms with E-state index >= 15 is 0 Å². The van der Waals surface area contributed by atoms with Gasteiger partial charge in [-0.05, 0) is 48.5 Å². The molecule has 0 aliphatic carbocycles. The van der Waals surface area contributed by atoms with Gasteiger partial charge in [0.1, 0.15) is 0 Å². The molecule has 156 valence electrons. The lowest BCUT2D eigenvalue weighted by molar-refractivity contribution is 0.483. The van der Waals surface area contributed by atoms with E-state index < -0.39 is 36.6 Å². The number of aromatic amines is 2. The van der Waals surface area contributed by atoms with E-state index in [0.717, 1.165) is 12.1 Å². The van der Waals surface area contributed by atoms with Crippen LogP contribution in [0.3, 0.4) is 0 Å². The number of thiol groups is 1. The molecule has 0 unspecified atom stereocenters. The van der Waals surface area contributed by atoms with E-state index in [1.807, 2.05) is 0 Å². The number of benzene rings is 3. The Morgan fingerprint density at radius 1 is 0.677 bits per heavy atom.